The first kappa shape index (κ1) is 20.3. The van der Waals surface area contributed by atoms with E-state index in [1.54, 1.807) is 22.2 Å². The summed E-state index contributed by atoms with van der Waals surface area (Å²) in [6.07, 6.45) is 2.34. The molecule has 0 amide bonds. The summed E-state index contributed by atoms with van der Waals surface area (Å²) in [6, 6.07) is 7.38. The van der Waals surface area contributed by atoms with Gasteiger partial charge in [0.1, 0.15) is 11.2 Å². The van der Waals surface area contributed by atoms with Crippen LogP contribution in [0.2, 0.25) is 0 Å². The maximum absolute atomic E-state index is 12.7. The van der Waals surface area contributed by atoms with Crippen molar-refractivity contribution in [2.75, 3.05) is 5.75 Å². The first-order chi connectivity index (χ1) is 15.4. The second kappa shape index (κ2) is 7.34. The third-order valence-electron chi connectivity index (χ3n) is 5.55. The van der Waals surface area contributed by atoms with E-state index in [1.807, 2.05) is 28.7 Å². The average molecular weight is 529 g/mol. The van der Waals surface area contributed by atoms with Gasteiger partial charge in [-0.15, -0.1) is 21.5 Å². The van der Waals surface area contributed by atoms with Gasteiger partial charge >= 0.3 is 0 Å². The highest BCUT2D eigenvalue weighted by Gasteiger charge is 2.32. The highest BCUT2D eigenvalue weighted by atomic mass is 79.9. The van der Waals surface area contributed by atoms with Gasteiger partial charge in [-0.25, -0.2) is 9.38 Å². The normalized spacial score (nSPS) is 15.6. The summed E-state index contributed by atoms with van der Waals surface area (Å²) in [5.74, 6) is 0.890. The van der Waals surface area contributed by atoms with Crippen LogP contribution in [-0.2, 0) is 17.8 Å². The highest BCUT2D eigenvalue weighted by molar-refractivity contribution is 9.10. The van der Waals surface area contributed by atoms with Gasteiger partial charge in [0.25, 0.3) is 5.78 Å². The minimum Gasteiger partial charge on any atom is -0.370 e. The van der Waals surface area contributed by atoms with Gasteiger partial charge in [0, 0.05) is 21.3 Å². The SMILES string of the molecule is CC1(C)Cc2c(sc3c2c2ncnn2c2nnc(SCC(=O)c4ccc(Br)cc4)n32)CO1. The molecule has 0 saturated heterocycles. The zero-order chi connectivity index (χ0) is 22.0. The lowest BCUT2D eigenvalue weighted by molar-refractivity contribution is -0.0379. The molecule has 1 aliphatic heterocycles. The van der Waals surface area contributed by atoms with Gasteiger partial charge in [-0.2, -0.15) is 9.61 Å². The number of carbonyl (C=O) groups is 1. The molecule has 162 valence electrons. The predicted octanol–water partition coefficient (Wildman–Crippen LogP) is 4.58. The minimum atomic E-state index is -0.241. The fourth-order valence-electron chi connectivity index (χ4n) is 4.01. The first-order valence-electron chi connectivity index (χ1n) is 9.98. The second-order valence-electron chi connectivity index (χ2n) is 8.24. The van der Waals surface area contributed by atoms with E-state index in [2.05, 4.69) is 50.1 Å². The molecule has 0 spiro atoms. The smallest absolute Gasteiger partial charge is 0.260 e. The van der Waals surface area contributed by atoms with Crippen molar-refractivity contribution >= 4 is 66.5 Å². The number of thiophene rings is 1. The molecule has 0 radical (unpaired) electrons. The largest absolute Gasteiger partial charge is 0.370 e. The number of hydrogen-bond acceptors (Lipinski definition) is 8. The summed E-state index contributed by atoms with van der Waals surface area (Å²) >= 11 is 6.45. The van der Waals surface area contributed by atoms with Crippen LogP contribution in [0.25, 0.3) is 21.6 Å². The van der Waals surface area contributed by atoms with E-state index < -0.39 is 0 Å². The fourth-order valence-corrected chi connectivity index (χ4v) is 6.38. The van der Waals surface area contributed by atoms with Crippen LogP contribution in [0.3, 0.4) is 0 Å². The van der Waals surface area contributed by atoms with Gasteiger partial charge in [0.05, 0.1) is 23.3 Å². The molecule has 0 saturated carbocycles. The molecule has 32 heavy (non-hydrogen) atoms. The van der Waals surface area contributed by atoms with E-state index in [0.717, 1.165) is 26.8 Å². The van der Waals surface area contributed by atoms with Crippen LogP contribution in [0.4, 0.5) is 0 Å². The van der Waals surface area contributed by atoms with Gasteiger partial charge in [0.15, 0.2) is 16.6 Å². The Morgan fingerprint density at radius 2 is 2.09 bits per heavy atom. The molecule has 0 aliphatic carbocycles. The van der Waals surface area contributed by atoms with Crippen LogP contribution in [0.5, 0.6) is 0 Å². The third-order valence-corrected chi connectivity index (χ3v) is 8.20. The number of nitrogens with zero attached hydrogens (tertiary/aromatic N) is 6. The summed E-state index contributed by atoms with van der Waals surface area (Å²) < 4.78 is 10.7. The van der Waals surface area contributed by atoms with E-state index in [-0.39, 0.29) is 17.1 Å². The van der Waals surface area contributed by atoms with E-state index >= 15 is 0 Å². The number of ether oxygens (including phenoxy) is 1. The van der Waals surface area contributed by atoms with Crippen LogP contribution in [0.15, 0.2) is 40.2 Å². The zero-order valence-corrected chi connectivity index (χ0v) is 20.4. The van der Waals surface area contributed by atoms with E-state index in [1.165, 1.54) is 22.2 Å². The predicted molar refractivity (Wildman–Crippen MR) is 127 cm³/mol. The Morgan fingerprint density at radius 1 is 1.28 bits per heavy atom. The van der Waals surface area contributed by atoms with Crippen LogP contribution < -0.4 is 0 Å². The molecule has 5 heterocycles. The summed E-state index contributed by atoms with van der Waals surface area (Å²) in [5, 5.41) is 14.9. The van der Waals surface area contributed by atoms with Crippen molar-refractivity contribution in [2.45, 2.75) is 37.6 Å². The Morgan fingerprint density at radius 3 is 2.91 bits per heavy atom. The zero-order valence-electron chi connectivity index (χ0n) is 17.2. The molecule has 0 atom stereocenters. The number of thioether (sulfide) groups is 1. The number of rotatable bonds is 4. The van der Waals surface area contributed by atoms with E-state index in [4.69, 9.17) is 4.74 Å². The molecule has 5 aromatic rings. The Hall–Kier alpha value is -2.34. The average Bonchev–Trinajstić information content (AvgIpc) is 3.47. The van der Waals surface area contributed by atoms with Crippen molar-refractivity contribution in [1.82, 2.24) is 29.2 Å². The quantitative estimate of drug-likeness (QED) is 0.249. The maximum atomic E-state index is 12.7. The van der Waals surface area contributed by atoms with E-state index in [9.17, 15) is 4.79 Å². The van der Waals surface area contributed by atoms with Gasteiger partial charge in [0.2, 0.25) is 0 Å². The lowest BCUT2D eigenvalue weighted by Gasteiger charge is -2.30. The monoisotopic (exact) mass is 528 g/mol. The van der Waals surface area contributed by atoms with E-state index in [0.29, 0.717) is 23.1 Å². The van der Waals surface area contributed by atoms with Crippen LogP contribution >= 0.6 is 39.0 Å². The van der Waals surface area contributed by atoms with Crippen molar-refractivity contribution in [3.63, 3.8) is 0 Å². The number of benzene rings is 1. The molecule has 0 N–H and O–H groups in total. The Labute approximate surface area is 199 Å². The standard InChI is InChI=1S/C21H17BrN6O2S2/c1-21(2)7-13-15(8-30-21)32-18-16(13)17-23-10-24-28(17)19-25-26-20(27(18)19)31-9-14(29)11-3-5-12(22)6-4-11/h3-6,10H,7-9H2,1-2H3. The number of hydrogen-bond donors (Lipinski definition) is 0. The molecule has 1 aromatic carbocycles. The van der Waals surface area contributed by atoms with Crippen LogP contribution in [0.1, 0.15) is 34.6 Å². The number of carbonyl (C=O) groups excluding carboxylic acids is 1. The Kier molecular flexibility index (Phi) is 4.65. The lowest BCUT2D eigenvalue weighted by atomic mass is 9.94. The minimum absolute atomic E-state index is 0.0398. The lowest BCUT2D eigenvalue weighted by Crippen LogP contribution is -2.31. The molecule has 0 bridgehead atoms. The van der Waals surface area contributed by atoms with Crippen LogP contribution in [0, 0.1) is 0 Å². The molecular formula is C21H17BrN6O2S2. The van der Waals surface area contributed by atoms with Gasteiger partial charge in [-0.3, -0.25) is 4.79 Å². The van der Waals surface area contributed by atoms with Crippen LogP contribution in [-0.4, -0.2) is 46.3 Å². The Bertz CT molecular complexity index is 1520. The van der Waals surface area contributed by atoms with Crippen molar-refractivity contribution in [2.24, 2.45) is 0 Å². The summed E-state index contributed by atoms with van der Waals surface area (Å²) in [6.45, 7) is 4.77. The molecule has 8 nitrogen and oxygen atoms in total. The molecule has 6 rings (SSSR count). The topological polar surface area (TPSA) is 86.7 Å². The van der Waals surface area contributed by atoms with Crippen molar-refractivity contribution < 1.29 is 9.53 Å². The van der Waals surface area contributed by atoms with Crippen molar-refractivity contribution in [3.8, 4) is 0 Å². The van der Waals surface area contributed by atoms with Gasteiger partial charge in [-0.1, -0.05) is 39.8 Å². The summed E-state index contributed by atoms with van der Waals surface area (Å²) in [4.78, 5) is 19.4. The van der Waals surface area contributed by atoms with Gasteiger partial charge < -0.3 is 4.74 Å². The molecule has 1 aliphatic rings. The number of fused-ring (bicyclic) bond motifs is 8. The summed E-state index contributed by atoms with van der Waals surface area (Å²) in [7, 11) is 0. The summed E-state index contributed by atoms with van der Waals surface area (Å²) in [5.41, 5.74) is 2.45. The number of Topliss-reactive ketones (excluding diaryl/α,β-unsaturated/α-hetero) is 1. The fraction of sp³-hybridized carbons (Fsp3) is 0.286. The molecule has 4 aromatic heterocycles. The Balaban J connectivity index is 1.47. The maximum Gasteiger partial charge on any atom is 0.260 e. The third kappa shape index (κ3) is 3.18. The molecule has 0 fully saturated rings. The molecular weight excluding hydrogens is 512 g/mol. The number of halogens is 1. The number of aromatic nitrogens is 6. The first-order valence-corrected chi connectivity index (χ1v) is 12.6. The molecule has 0 unspecified atom stereocenters. The number of ketones is 1. The van der Waals surface area contributed by atoms with Crippen molar-refractivity contribution in [3.05, 3.63) is 51.1 Å². The second-order valence-corrected chi connectivity index (χ2v) is 11.2. The molecule has 11 heteroatoms. The van der Waals surface area contributed by atoms with Crippen molar-refractivity contribution in [1.29, 1.82) is 0 Å². The highest BCUT2D eigenvalue weighted by Crippen LogP contribution is 2.41. The van der Waals surface area contributed by atoms with Gasteiger partial charge in [-0.05, 0) is 31.5 Å².